The number of likely N-dealkylation sites (tertiary alicyclic amines) is 1. The highest BCUT2D eigenvalue weighted by Crippen LogP contribution is 2.25. The Morgan fingerprint density at radius 2 is 2.21 bits per heavy atom. The summed E-state index contributed by atoms with van der Waals surface area (Å²) in [6.07, 6.45) is 0. The lowest BCUT2D eigenvalue weighted by Crippen LogP contribution is -2.61. The van der Waals surface area contributed by atoms with Crippen molar-refractivity contribution in [3.63, 3.8) is 0 Å². The average Bonchev–Trinajstić information content (AvgIpc) is 2.26. The van der Waals surface area contributed by atoms with Gasteiger partial charge in [0.25, 0.3) is 0 Å². The lowest BCUT2D eigenvalue weighted by Gasteiger charge is -2.43. The largest absolute Gasteiger partial charge is 0.495 e. The Morgan fingerprint density at radius 1 is 1.53 bits per heavy atom. The van der Waals surface area contributed by atoms with E-state index in [1.165, 1.54) is 0 Å². The maximum absolute atomic E-state index is 11.9. The number of nitrogens with one attached hydrogen (secondary N) is 1. The summed E-state index contributed by atoms with van der Waals surface area (Å²) in [6, 6.07) is 5.64. The number of hydrogen-bond acceptors (Lipinski definition) is 4. The van der Waals surface area contributed by atoms with Gasteiger partial charge in [0.05, 0.1) is 24.9 Å². The molecule has 0 bridgehead atoms. The van der Waals surface area contributed by atoms with Crippen molar-refractivity contribution in [3.8, 4) is 5.75 Å². The average molecular weight is 264 g/mol. The maximum atomic E-state index is 11.9. The molecule has 1 aromatic rings. The number of anilines is 1. The molecule has 1 amide bonds. The number of aliphatic hydroxyl groups is 1. The molecule has 1 aliphatic rings. The molecule has 104 valence electrons. The van der Waals surface area contributed by atoms with E-state index >= 15 is 0 Å². The molecule has 0 spiro atoms. The minimum atomic E-state index is -0.651. The van der Waals surface area contributed by atoms with Crippen LogP contribution in [0, 0.1) is 6.92 Å². The first kappa shape index (κ1) is 13.8. The van der Waals surface area contributed by atoms with Gasteiger partial charge in [-0.2, -0.15) is 0 Å². The lowest BCUT2D eigenvalue weighted by atomic mass is 9.97. The number of rotatable bonds is 4. The van der Waals surface area contributed by atoms with Crippen LogP contribution < -0.4 is 10.1 Å². The smallest absolute Gasteiger partial charge is 0.238 e. The van der Waals surface area contributed by atoms with Crippen LogP contribution in [0.3, 0.4) is 0 Å². The molecule has 1 fully saturated rings. The Bertz CT molecular complexity index is 478. The molecule has 0 atom stereocenters. The topological polar surface area (TPSA) is 61.8 Å². The van der Waals surface area contributed by atoms with Gasteiger partial charge in [-0.3, -0.25) is 9.69 Å². The van der Waals surface area contributed by atoms with Crippen LogP contribution in [0.25, 0.3) is 0 Å². The number of carbonyl (C=O) groups is 1. The molecule has 0 aromatic heterocycles. The predicted molar refractivity (Wildman–Crippen MR) is 73.4 cm³/mol. The summed E-state index contributed by atoms with van der Waals surface area (Å²) in [6.45, 7) is 5.08. The second-order valence-electron chi connectivity index (χ2n) is 5.39. The summed E-state index contributed by atoms with van der Waals surface area (Å²) >= 11 is 0. The summed E-state index contributed by atoms with van der Waals surface area (Å²) in [7, 11) is 1.58. The quantitative estimate of drug-likeness (QED) is 0.852. The highest BCUT2D eigenvalue weighted by molar-refractivity contribution is 5.93. The second kappa shape index (κ2) is 5.19. The van der Waals surface area contributed by atoms with E-state index in [2.05, 4.69) is 5.32 Å². The summed E-state index contributed by atoms with van der Waals surface area (Å²) < 4.78 is 5.21. The van der Waals surface area contributed by atoms with Crippen molar-refractivity contribution >= 4 is 11.6 Å². The number of hydrogen-bond donors (Lipinski definition) is 2. The van der Waals surface area contributed by atoms with Crippen LogP contribution in [0.2, 0.25) is 0 Å². The summed E-state index contributed by atoms with van der Waals surface area (Å²) in [4.78, 5) is 13.8. The zero-order chi connectivity index (χ0) is 14.0. The van der Waals surface area contributed by atoms with Crippen LogP contribution in [-0.2, 0) is 4.79 Å². The number of aryl methyl sites for hydroxylation is 1. The van der Waals surface area contributed by atoms with Gasteiger partial charge < -0.3 is 15.2 Å². The normalized spacial score (nSPS) is 17.7. The van der Waals surface area contributed by atoms with Crippen molar-refractivity contribution in [1.29, 1.82) is 0 Å². The molecule has 0 unspecified atom stereocenters. The Labute approximate surface area is 113 Å². The summed E-state index contributed by atoms with van der Waals surface area (Å²) in [5.74, 6) is 0.550. The van der Waals surface area contributed by atoms with E-state index in [0.29, 0.717) is 24.5 Å². The molecule has 0 saturated carbocycles. The van der Waals surface area contributed by atoms with Crippen molar-refractivity contribution in [2.24, 2.45) is 0 Å². The van der Waals surface area contributed by atoms with Gasteiger partial charge in [-0.1, -0.05) is 6.07 Å². The fourth-order valence-electron chi connectivity index (χ4n) is 2.34. The third kappa shape index (κ3) is 3.45. The Hall–Kier alpha value is -1.59. The van der Waals surface area contributed by atoms with E-state index in [0.717, 1.165) is 5.56 Å². The molecule has 19 heavy (non-hydrogen) atoms. The van der Waals surface area contributed by atoms with Crippen LogP contribution in [0.1, 0.15) is 12.5 Å². The fourth-order valence-corrected chi connectivity index (χ4v) is 2.34. The van der Waals surface area contributed by atoms with Gasteiger partial charge in [0.15, 0.2) is 0 Å². The number of β-amino-alcohol motifs (C(OH)–C–C–N with tert-alkyl or cyclic N) is 1. The molecule has 5 heteroatoms. The molecule has 0 aliphatic carbocycles. The van der Waals surface area contributed by atoms with Crippen LogP contribution in [0.15, 0.2) is 18.2 Å². The molecule has 2 rings (SSSR count). The summed E-state index contributed by atoms with van der Waals surface area (Å²) in [5.41, 5.74) is 1.09. The second-order valence-corrected chi connectivity index (χ2v) is 5.39. The zero-order valence-electron chi connectivity index (χ0n) is 11.6. The van der Waals surface area contributed by atoms with Gasteiger partial charge in [0.2, 0.25) is 5.91 Å². The molecule has 0 radical (unpaired) electrons. The van der Waals surface area contributed by atoms with Crippen molar-refractivity contribution in [3.05, 3.63) is 23.8 Å². The third-order valence-electron chi connectivity index (χ3n) is 3.12. The van der Waals surface area contributed by atoms with Crippen molar-refractivity contribution < 1.29 is 14.6 Å². The van der Waals surface area contributed by atoms with E-state index in [4.69, 9.17) is 4.74 Å². The number of methoxy groups -OCH3 is 1. The molecule has 1 aliphatic heterocycles. The first-order valence-corrected chi connectivity index (χ1v) is 6.29. The minimum absolute atomic E-state index is 0.0978. The van der Waals surface area contributed by atoms with Crippen molar-refractivity contribution in [2.45, 2.75) is 19.4 Å². The summed E-state index contributed by atoms with van der Waals surface area (Å²) in [5, 5.41) is 12.5. The Balaban J connectivity index is 1.94. The number of benzene rings is 1. The predicted octanol–water partition coefficient (Wildman–Crippen LogP) is 1.01. The monoisotopic (exact) mass is 264 g/mol. The Kier molecular flexibility index (Phi) is 3.78. The molecular formula is C14H20N2O3. The van der Waals surface area contributed by atoms with E-state index in [9.17, 15) is 9.90 Å². The standard InChI is InChI=1S/C14H20N2O3/c1-10-4-5-12(19-3)11(6-10)15-13(17)7-16-8-14(2,18)9-16/h4-6,18H,7-9H2,1-3H3,(H,15,17). The molecule has 1 aromatic carbocycles. The van der Waals surface area contributed by atoms with Gasteiger partial charge in [0.1, 0.15) is 5.75 Å². The van der Waals surface area contributed by atoms with Crippen LogP contribution in [-0.4, -0.2) is 48.3 Å². The van der Waals surface area contributed by atoms with E-state index < -0.39 is 5.60 Å². The van der Waals surface area contributed by atoms with Crippen molar-refractivity contribution in [2.75, 3.05) is 32.1 Å². The lowest BCUT2D eigenvalue weighted by molar-refractivity contribution is -0.125. The first-order chi connectivity index (χ1) is 8.89. The molecule has 1 heterocycles. The van der Waals surface area contributed by atoms with Gasteiger partial charge in [-0.15, -0.1) is 0 Å². The van der Waals surface area contributed by atoms with Crippen LogP contribution in [0.5, 0.6) is 5.75 Å². The minimum Gasteiger partial charge on any atom is -0.495 e. The number of carbonyl (C=O) groups excluding carboxylic acids is 1. The zero-order valence-corrected chi connectivity index (χ0v) is 11.6. The number of amides is 1. The van der Waals surface area contributed by atoms with E-state index in [1.54, 1.807) is 14.0 Å². The SMILES string of the molecule is COc1ccc(C)cc1NC(=O)CN1CC(C)(O)C1. The first-order valence-electron chi connectivity index (χ1n) is 6.29. The molecule has 1 saturated heterocycles. The number of nitrogens with zero attached hydrogens (tertiary/aromatic N) is 1. The van der Waals surface area contributed by atoms with Crippen LogP contribution in [0.4, 0.5) is 5.69 Å². The van der Waals surface area contributed by atoms with Gasteiger partial charge in [-0.25, -0.2) is 0 Å². The number of ether oxygens (including phenoxy) is 1. The van der Waals surface area contributed by atoms with Gasteiger partial charge >= 0.3 is 0 Å². The van der Waals surface area contributed by atoms with E-state index in [1.807, 2.05) is 30.0 Å². The van der Waals surface area contributed by atoms with Gasteiger partial charge in [0, 0.05) is 13.1 Å². The van der Waals surface area contributed by atoms with Gasteiger partial charge in [-0.05, 0) is 31.5 Å². The molecule has 2 N–H and O–H groups in total. The fraction of sp³-hybridized carbons (Fsp3) is 0.500. The van der Waals surface area contributed by atoms with Crippen molar-refractivity contribution in [1.82, 2.24) is 4.90 Å². The highest BCUT2D eigenvalue weighted by atomic mass is 16.5. The third-order valence-corrected chi connectivity index (χ3v) is 3.12. The maximum Gasteiger partial charge on any atom is 0.238 e. The molecular weight excluding hydrogens is 244 g/mol. The molecule has 5 nitrogen and oxygen atoms in total. The van der Waals surface area contributed by atoms with Crippen LogP contribution >= 0.6 is 0 Å². The van der Waals surface area contributed by atoms with E-state index in [-0.39, 0.29) is 12.5 Å². The highest BCUT2D eigenvalue weighted by Gasteiger charge is 2.37. The Morgan fingerprint density at radius 3 is 2.79 bits per heavy atom.